The highest BCUT2D eigenvalue weighted by Crippen LogP contribution is 2.17. The molecule has 1 heterocycles. The summed E-state index contributed by atoms with van der Waals surface area (Å²) in [5.74, 6) is -0.113. The number of nitrogens with two attached hydrogens (primary N) is 1. The van der Waals surface area contributed by atoms with Gasteiger partial charge in [-0.25, -0.2) is 4.98 Å². The monoisotopic (exact) mass is 227 g/mol. The van der Waals surface area contributed by atoms with Crippen LogP contribution in [0.5, 0.6) is 0 Å². The van der Waals surface area contributed by atoms with Gasteiger partial charge in [-0.3, -0.25) is 4.79 Å². The Bertz CT molecular complexity index is 337. The molecule has 0 aliphatic rings. The van der Waals surface area contributed by atoms with Gasteiger partial charge >= 0.3 is 0 Å². The summed E-state index contributed by atoms with van der Waals surface area (Å²) in [5, 5.41) is 5.73. The third kappa shape index (κ3) is 3.28. The SMILES string of the molecule is CCC(N)C(=O)NC(C)c1nc(C)cs1. The van der Waals surface area contributed by atoms with E-state index in [0.717, 1.165) is 10.7 Å². The van der Waals surface area contributed by atoms with Gasteiger partial charge in [-0.2, -0.15) is 0 Å². The molecule has 0 aliphatic heterocycles. The number of hydrogen-bond donors (Lipinski definition) is 2. The minimum atomic E-state index is -0.423. The Labute approximate surface area is 93.9 Å². The van der Waals surface area contributed by atoms with E-state index in [0.29, 0.717) is 6.42 Å². The van der Waals surface area contributed by atoms with Gasteiger partial charge in [-0.15, -0.1) is 11.3 Å². The van der Waals surface area contributed by atoms with Crippen molar-refractivity contribution in [3.63, 3.8) is 0 Å². The fourth-order valence-electron chi connectivity index (χ4n) is 1.14. The van der Waals surface area contributed by atoms with Crippen LogP contribution in [-0.4, -0.2) is 16.9 Å². The molecule has 2 unspecified atom stereocenters. The van der Waals surface area contributed by atoms with Crippen molar-refractivity contribution < 1.29 is 4.79 Å². The summed E-state index contributed by atoms with van der Waals surface area (Å²) in [6.07, 6.45) is 0.648. The van der Waals surface area contributed by atoms with Gasteiger partial charge in [0.05, 0.1) is 12.1 Å². The van der Waals surface area contributed by atoms with Gasteiger partial charge in [0, 0.05) is 11.1 Å². The summed E-state index contributed by atoms with van der Waals surface area (Å²) in [5.41, 5.74) is 6.60. The van der Waals surface area contributed by atoms with Crippen LogP contribution in [0, 0.1) is 6.92 Å². The molecular formula is C10H17N3OS. The average Bonchev–Trinajstić information content (AvgIpc) is 2.63. The van der Waals surface area contributed by atoms with Crippen molar-refractivity contribution in [1.29, 1.82) is 0 Å². The zero-order valence-corrected chi connectivity index (χ0v) is 10.1. The Morgan fingerprint density at radius 1 is 1.73 bits per heavy atom. The second-order valence-electron chi connectivity index (χ2n) is 3.57. The molecule has 0 saturated carbocycles. The smallest absolute Gasteiger partial charge is 0.237 e. The van der Waals surface area contributed by atoms with Crippen LogP contribution < -0.4 is 11.1 Å². The van der Waals surface area contributed by atoms with Gasteiger partial charge < -0.3 is 11.1 Å². The first kappa shape index (κ1) is 12.1. The molecule has 3 N–H and O–H groups in total. The molecular weight excluding hydrogens is 210 g/mol. The zero-order chi connectivity index (χ0) is 11.4. The van der Waals surface area contributed by atoms with Crippen LogP contribution in [0.4, 0.5) is 0 Å². The lowest BCUT2D eigenvalue weighted by Crippen LogP contribution is -2.41. The quantitative estimate of drug-likeness (QED) is 0.816. The van der Waals surface area contributed by atoms with Gasteiger partial charge in [0.1, 0.15) is 5.01 Å². The summed E-state index contributed by atoms with van der Waals surface area (Å²) >= 11 is 1.55. The summed E-state index contributed by atoms with van der Waals surface area (Å²) in [6, 6.07) is -0.484. The van der Waals surface area contributed by atoms with Gasteiger partial charge in [-0.1, -0.05) is 6.92 Å². The molecule has 1 aromatic rings. The maximum absolute atomic E-state index is 11.5. The fourth-order valence-corrected chi connectivity index (χ4v) is 1.94. The summed E-state index contributed by atoms with van der Waals surface area (Å²) in [7, 11) is 0. The van der Waals surface area contributed by atoms with Crippen LogP contribution >= 0.6 is 11.3 Å². The van der Waals surface area contributed by atoms with Crippen molar-refractivity contribution in [3.8, 4) is 0 Å². The highest BCUT2D eigenvalue weighted by atomic mass is 32.1. The fraction of sp³-hybridized carbons (Fsp3) is 0.600. The molecule has 4 nitrogen and oxygen atoms in total. The topological polar surface area (TPSA) is 68.0 Å². The second kappa shape index (κ2) is 5.23. The molecule has 15 heavy (non-hydrogen) atoms. The molecule has 0 aromatic carbocycles. The molecule has 0 fully saturated rings. The second-order valence-corrected chi connectivity index (χ2v) is 4.46. The Hall–Kier alpha value is -0.940. The van der Waals surface area contributed by atoms with E-state index in [1.807, 2.05) is 26.2 Å². The molecule has 2 atom stereocenters. The van der Waals surface area contributed by atoms with Crippen molar-refractivity contribution in [2.75, 3.05) is 0 Å². The van der Waals surface area contributed by atoms with Crippen molar-refractivity contribution >= 4 is 17.2 Å². The molecule has 84 valence electrons. The van der Waals surface area contributed by atoms with Crippen molar-refractivity contribution in [2.45, 2.75) is 39.3 Å². The highest BCUT2D eigenvalue weighted by molar-refractivity contribution is 7.09. The van der Waals surface area contributed by atoms with Crippen molar-refractivity contribution in [3.05, 3.63) is 16.1 Å². The molecule has 1 amide bonds. The van der Waals surface area contributed by atoms with Crippen LogP contribution in [0.25, 0.3) is 0 Å². The normalized spacial score (nSPS) is 14.7. The number of nitrogens with one attached hydrogen (secondary N) is 1. The third-order valence-corrected chi connectivity index (χ3v) is 3.29. The number of amides is 1. The Kier molecular flexibility index (Phi) is 4.23. The number of aryl methyl sites for hydroxylation is 1. The van der Waals surface area contributed by atoms with Crippen LogP contribution in [0.1, 0.15) is 37.0 Å². The standard InChI is InChI=1S/C10H17N3OS/c1-4-8(11)9(14)13-7(3)10-12-6(2)5-15-10/h5,7-8H,4,11H2,1-3H3,(H,13,14). The summed E-state index contributed by atoms with van der Waals surface area (Å²) < 4.78 is 0. The van der Waals surface area contributed by atoms with E-state index < -0.39 is 6.04 Å². The van der Waals surface area contributed by atoms with E-state index in [4.69, 9.17) is 5.73 Å². The molecule has 1 rings (SSSR count). The number of rotatable bonds is 4. The number of hydrogen-bond acceptors (Lipinski definition) is 4. The summed E-state index contributed by atoms with van der Waals surface area (Å²) in [4.78, 5) is 15.8. The molecule has 1 aromatic heterocycles. The first-order valence-electron chi connectivity index (χ1n) is 5.02. The average molecular weight is 227 g/mol. The number of nitrogens with zero attached hydrogens (tertiary/aromatic N) is 1. The molecule has 0 radical (unpaired) electrons. The lowest BCUT2D eigenvalue weighted by atomic mass is 10.2. The first-order chi connectivity index (χ1) is 7.04. The van der Waals surface area contributed by atoms with Gasteiger partial charge in [-0.05, 0) is 20.3 Å². The number of carbonyl (C=O) groups excluding carboxylic acids is 1. The number of thiazole rings is 1. The lowest BCUT2D eigenvalue weighted by Gasteiger charge is -2.14. The zero-order valence-electron chi connectivity index (χ0n) is 9.28. The highest BCUT2D eigenvalue weighted by Gasteiger charge is 2.16. The van der Waals surface area contributed by atoms with Crippen LogP contribution in [0.15, 0.2) is 5.38 Å². The maximum atomic E-state index is 11.5. The van der Waals surface area contributed by atoms with E-state index in [1.165, 1.54) is 0 Å². The molecule has 0 aliphatic carbocycles. The number of carbonyl (C=O) groups is 1. The Morgan fingerprint density at radius 2 is 2.40 bits per heavy atom. The van der Waals surface area contributed by atoms with Gasteiger partial charge in [0.15, 0.2) is 0 Å². The molecule has 5 heteroatoms. The Morgan fingerprint density at radius 3 is 2.87 bits per heavy atom. The lowest BCUT2D eigenvalue weighted by molar-refractivity contribution is -0.123. The van der Waals surface area contributed by atoms with Crippen LogP contribution in [-0.2, 0) is 4.79 Å². The van der Waals surface area contributed by atoms with Crippen molar-refractivity contribution in [2.24, 2.45) is 5.73 Å². The van der Waals surface area contributed by atoms with E-state index >= 15 is 0 Å². The largest absolute Gasteiger partial charge is 0.346 e. The minimum absolute atomic E-state index is 0.0613. The summed E-state index contributed by atoms with van der Waals surface area (Å²) in [6.45, 7) is 5.74. The van der Waals surface area contributed by atoms with Gasteiger partial charge in [0.25, 0.3) is 0 Å². The van der Waals surface area contributed by atoms with Crippen LogP contribution in [0.2, 0.25) is 0 Å². The molecule has 0 bridgehead atoms. The van der Waals surface area contributed by atoms with E-state index in [2.05, 4.69) is 10.3 Å². The van der Waals surface area contributed by atoms with Crippen molar-refractivity contribution in [1.82, 2.24) is 10.3 Å². The van der Waals surface area contributed by atoms with Gasteiger partial charge in [0.2, 0.25) is 5.91 Å². The number of aromatic nitrogens is 1. The van der Waals surface area contributed by atoms with E-state index in [-0.39, 0.29) is 11.9 Å². The van der Waals surface area contributed by atoms with E-state index in [1.54, 1.807) is 11.3 Å². The third-order valence-electron chi connectivity index (χ3n) is 2.14. The first-order valence-corrected chi connectivity index (χ1v) is 5.90. The predicted octanol–water partition coefficient (Wildman–Crippen LogP) is 1.37. The maximum Gasteiger partial charge on any atom is 0.237 e. The predicted molar refractivity (Wildman–Crippen MR) is 61.7 cm³/mol. The molecule has 0 saturated heterocycles. The van der Waals surface area contributed by atoms with E-state index in [9.17, 15) is 4.79 Å². The Balaban J connectivity index is 2.56. The van der Waals surface area contributed by atoms with Crippen LogP contribution in [0.3, 0.4) is 0 Å². The molecule has 0 spiro atoms. The minimum Gasteiger partial charge on any atom is -0.346 e.